The van der Waals surface area contributed by atoms with Crippen molar-refractivity contribution in [3.63, 3.8) is 0 Å². The molecule has 1 aliphatic heterocycles. The lowest BCUT2D eigenvalue weighted by Gasteiger charge is -2.26. The van der Waals surface area contributed by atoms with Crippen LogP contribution in [0.1, 0.15) is 0 Å². The molecule has 0 bridgehead atoms. The molecule has 0 atom stereocenters. The SMILES string of the molecule is COc1ccc(-c2cc(-c3ccc(Cl)cc3)c(=O)n(CCN3CCOCC3)n2)cc1. The van der Waals surface area contributed by atoms with Crippen molar-refractivity contribution in [3.8, 4) is 28.1 Å². The van der Waals surface area contributed by atoms with Crippen LogP contribution in [0, 0.1) is 0 Å². The van der Waals surface area contributed by atoms with Crippen LogP contribution in [-0.2, 0) is 11.3 Å². The van der Waals surface area contributed by atoms with Gasteiger partial charge in [-0.05, 0) is 48.0 Å². The molecule has 4 rings (SSSR count). The van der Waals surface area contributed by atoms with Crippen molar-refractivity contribution in [2.45, 2.75) is 6.54 Å². The molecular weight excluding hydrogens is 402 g/mol. The van der Waals surface area contributed by atoms with Crippen molar-refractivity contribution >= 4 is 11.6 Å². The number of hydrogen-bond donors (Lipinski definition) is 0. The third-order valence-electron chi connectivity index (χ3n) is 5.25. The zero-order valence-electron chi connectivity index (χ0n) is 16.9. The van der Waals surface area contributed by atoms with Crippen LogP contribution < -0.4 is 10.3 Å². The van der Waals surface area contributed by atoms with Gasteiger partial charge in [0.2, 0.25) is 0 Å². The van der Waals surface area contributed by atoms with Crippen LogP contribution in [-0.4, -0.2) is 54.6 Å². The molecule has 30 heavy (non-hydrogen) atoms. The van der Waals surface area contributed by atoms with Crippen molar-refractivity contribution in [1.29, 1.82) is 0 Å². The Kier molecular flexibility index (Phi) is 6.47. The van der Waals surface area contributed by atoms with Gasteiger partial charge in [-0.2, -0.15) is 5.10 Å². The van der Waals surface area contributed by atoms with Gasteiger partial charge in [0.25, 0.3) is 5.56 Å². The van der Waals surface area contributed by atoms with Crippen LogP contribution in [0.15, 0.2) is 59.4 Å². The number of nitrogens with zero attached hydrogens (tertiary/aromatic N) is 3. The first-order valence-electron chi connectivity index (χ1n) is 9.97. The third kappa shape index (κ3) is 4.73. The van der Waals surface area contributed by atoms with Crippen molar-refractivity contribution in [2.24, 2.45) is 0 Å². The summed E-state index contributed by atoms with van der Waals surface area (Å²) >= 11 is 6.04. The fourth-order valence-electron chi connectivity index (χ4n) is 3.49. The van der Waals surface area contributed by atoms with Gasteiger partial charge in [0.05, 0.1) is 38.1 Å². The Bertz CT molecular complexity index is 1040. The van der Waals surface area contributed by atoms with Gasteiger partial charge < -0.3 is 9.47 Å². The van der Waals surface area contributed by atoms with Gasteiger partial charge in [0.1, 0.15) is 5.75 Å². The standard InChI is InChI=1S/C23H24ClN3O3/c1-29-20-8-4-18(5-9-20)22-16-21(17-2-6-19(24)7-3-17)23(28)27(25-22)11-10-26-12-14-30-15-13-26/h2-9,16H,10-15H2,1H3. The van der Waals surface area contributed by atoms with Gasteiger partial charge >= 0.3 is 0 Å². The molecule has 0 saturated carbocycles. The van der Waals surface area contributed by atoms with Crippen LogP contribution in [0.2, 0.25) is 5.02 Å². The van der Waals surface area contributed by atoms with E-state index in [0.29, 0.717) is 17.1 Å². The molecule has 1 aliphatic rings. The molecule has 3 aromatic rings. The van der Waals surface area contributed by atoms with Gasteiger partial charge in [-0.3, -0.25) is 9.69 Å². The molecule has 0 spiro atoms. The van der Waals surface area contributed by atoms with Gasteiger partial charge in [-0.1, -0.05) is 23.7 Å². The Hall–Kier alpha value is -2.67. The summed E-state index contributed by atoms with van der Waals surface area (Å²) < 4.78 is 12.2. The van der Waals surface area contributed by atoms with Crippen molar-refractivity contribution in [2.75, 3.05) is 40.0 Å². The largest absolute Gasteiger partial charge is 0.497 e. The van der Waals surface area contributed by atoms with Crippen molar-refractivity contribution < 1.29 is 9.47 Å². The maximum absolute atomic E-state index is 13.2. The lowest BCUT2D eigenvalue weighted by molar-refractivity contribution is 0.0358. The van der Waals surface area contributed by atoms with Gasteiger partial charge in [0, 0.05) is 30.2 Å². The molecule has 0 radical (unpaired) electrons. The molecule has 156 valence electrons. The van der Waals surface area contributed by atoms with E-state index in [1.165, 1.54) is 0 Å². The van der Waals surface area contributed by atoms with E-state index in [1.807, 2.05) is 42.5 Å². The smallest absolute Gasteiger partial charge is 0.274 e. The van der Waals surface area contributed by atoms with Gasteiger partial charge in [-0.25, -0.2) is 4.68 Å². The second-order valence-electron chi connectivity index (χ2n) is 7.16. The number of methoxy groups -OCH3 is 1. The molecule has 1 fully saturated rings. The topological polar surface area (TPSA) is 56.6 Å². The molecule has 1 saturated heterocycles. The number of halogens is 1. The highest BCUT2D eigenvalue weighted by molar-refractivity contribution is 6.30. The minimum absolute atomic E-state index is 0.108. The Morgan fingerprint density at radius 2 is 1.67 bits per heavy atom. The predicted octanol–water partition coefficient (Wildman–Crippen LogP) is 3.57. The molecular formula is C23H24ClN3O3. The summed E-state index contributed by atoms with van der Waals surface area (Å²) in [6.45, 7) is 4.47. The molecule has 2 aromatic carbocycles. The molecule has 6 nitrogen and oxygen atoms in total. The van der Waals surface area contributed by atoms with E-state index in [-0.39, 0.29) is 5.56 Å². The number of rotatable bonds is 6. The minimum Gasteiger partial charge on any atom is -0.497 e. The van der Waals surface area contributed by atoms with E-state index in [4.69, 9.17) is 21.1 Å². The van der Waals surface area contributed by atoms with E-state index in [9.17, 15) is 4.79 Å². The number of morpholine rings is 1. The van der Waals surface area contributed by atoms with Crippen LogP contribution in [0.3, 0.4) is 0 Å². The summed E-state index contributed by atoms with van der Waals surface area (Å²) in [5.41, 5.74) is 2.98. The Labute approximate surface area is 180 Å². The molecule has 0 aliphatic carbocycles. The Morgan fingerprint density at radius 1 is 1.00 bits per heavy atom. The zero-order chi connectivity index (χ0) is 20.9. The van der Waals surface area contributed by atoms with E-state index in [1.54, 1.807) is 23.9 Å². The lowest BCUT2D eigenvalue weighted by atomic mass is 10.0. The van der Waals surface area contributed by atoms with E-state index in [0.717, 1.165) is 55.4 Å². The van der Waals surface area contributed by atoms with E-state index >= 15 is 0 Å². The summed E-state index contributed by atoms with van der Waals surface area (Å²) in [5, 5.41) is 5.30. The van der Waals surface area contributed by atoms with E-state index in [2.05, 4.69) is 10.00 Å². The second kappa shape index (κ2) is 9.43. The average molecular weight is 426 g/mol. The minimum atomic E-state index is -0.108. The van der Waals surface area contributed by atoms with Gasteiger partial charge in [0.15, 0.2) is 0 Å². The maximum atomic E-state index is 13.2. The predicted molar refractivity (Wildman–Crippen MR) is 118 cm³/mol. The highest BCUT2D eigenvalue weighted by atomic mass is 35.5. The summed E-state index contributed by atoms with van der Waals surface area (Å²) in [5.74, 6) is 0.775. The average Bonchev–Trinajstić information content (AvgIpc) is 2.80. The highest BCUT2D eigenvalue weighted by Gasteiger charge is 2.15. The van der Waals surface area contributed by atoms with Crippen molar-refractivity contribution in [1.82, 2.24) is 14.7 Å². The normalized spacial score (nSPS) is 14.6. The zero-order valence-corrected chi connectivity index (χ0v) is 17.6. The molecule has 7 heteroatoms. The number of aromatic nitrogens is 2. The maximum Gasteiger partial charge on any atom is 0.274 e. The monoisotopic (exact) mass is 425 g/mol. The van der Waals surface area contributed by atoms with Gasteiger partial charge in [-0.15, -0.1) is 0 Å². The highest BCUT2D eigenvalue weighted by Crippen LogP contribution is 2.25. The number of benzene rings is 2. The third-order valence-corrected chi connectivity index (χ3v) is 5.50. The molecule has 0 unspecified atom stereocenters. The fourth-order valence-corrected chi connectivity index (χ4v) is 3.62. The second-order valence-corrected chi connectivity index (χ2v) is 7.60. The Morgan fingerprint density at radius 3 is 2.33 bits per heavy atom. The first-order valence-corrected chi connectivity index (χ1v) is 10.3. The first-order chi connectivity index (χ1) is 14.6. The van der Waals surface area contributed by atoms with Crippen molar-refractivity contribution in [3.05, 3.63) is 70.0 Å². The fraction of sp³-hybridized carbons (Fsp3) is 0.304. The Balaban J connectivity index is 1.72. The molecule has 0 N–H and O–H groups in total. The summed E-state index contributed by atoms with van der Waals surface area (Å²) in [6, 6.07) is 16.8. The first kappa shape index (κ1) is 20.6. The molecule has 0 amide bonds. The van der Waals surface area contributed by atoms with Crippen LogP contribution >= 0.6 is 11.6 Å². The van der Waals surface area contributed by atoms with Crippen LogP contribution in [0.25, 0.3) is 22.4 Å². The number of ether oxygens (including phenoxy) is 2. The summed E-state index contributed by atoms with van der Waals surface area (Å²) in [6.07, 6.45) is 0. The molecule has 2 heterocycles. The number of hydrogen-bond acceptors (Lipinski definition) is 5. The quantitative estimate of drug-likeness (QED) is 0.604. The van der Waals surface area contributed by atoms with E-state index < -0.39 is 0 Å². The summed E-state index contributed by atoms with van der Waals surface area (Å²) in [4.78, 5) is 15.5. The van der Waals surface area contributed by atoms with Crippen LogP contribution in [0.4, 0.5) is 0 Å². The lowest BCUT2D eigenvalue weighted by Crippen LogP contribution is -2.39. The molecule has 1 aromatic heterocycles. The van der Waals surface area contributed by atoms with Crippen LogP contribution in [0.5, 0.6) is 5.75 Å². The summed E-state index contributed by atoms with van der Waals surface area (Å²) in [7, 11) is 1.64.